The van der Waals surface area contributed by atoms with Crippen molar-refractivity contribution in [1.29, 1.82) is 0 Å². The summed E-state index contributed by atoms with van der Waals surface area (Å²) >= 11 is 0. The molecule has 138 valence electrons. The van der Waals surface area contributed by atoms with Crippen molar-refractivity contribution in [3.63, 3.8) is 0 Å². The number of aromatic nitrogens is 2. The van der Waals surface area contributed by atoms with Gasteiger partial charge in [-0.15, -0.1) is 0 Å². The maximum absolute atomic E-state index is 14.7. The Balaban J connectivity index is 2.08. The zero-order chi connectivity index (χ0) is 19.0. The summed E-state index contributed by atoms with van der Waals surface area (Å²) in [5.41, 5.74) is 4.72. The number of primary amides is 1. The zero-order valence-electron chi connectivity index (χ0n) is 14.7. The molecule has 2 aromatic heterocycles. The Kier molecular flexibility index (Phi) is 4.62. The molecule has 0 spiro atoms. The molecule has 0 unspecified atom stereocenters. The average molecular weight is 361 g/mol. The van der Waals surface area contributed by atoms with Crippen LogP contribution in [0.1, 0.15) is 24.2 Å². The van der Waals surface area contributed by atoms with Gasteiger partial charge in [0.15, 0.2) is 11.6 Å². The molecule has 26 heavy (non-hydrogen) atoms. The number of carbonyl (C=O) groups is 2. The zero-order valence-corrected chi connectivity index (χ0v) is 14.7. The molecule has 1 saturated heterocycles. The molecule has 2 aromatic rings. The molecule has 1 aliphatic heterocycles. The van der Waals surface area contributed by atoms with Crippen LogP contribution in [0.15, 0.2) is 17.1 Å². The van der Waals surface area contributed by atoms with Crippen molar-refractivity contribution in [2.75, 3.05) is 31.1 Å². The third-order valence-corrected chi connectivity index (χ3v) is 4.61. The topological polar surface area (TPSA) is 102 Å². The van der Waals surface area contributed by atoms with Gasteiger partial charge in [-0.25, -0.2) is 9.37 Å². The van der Waals surface area contributed by atoms with E-state index in [0.717, 1.165) is 6.07 Å². The molecule has 0 bridgehead atoms. The number of rotatable bonds is 3. The molecule has 9 heteroatoms. The van der Waals surface area contributed by atoms with E-state index in [1.54, 1.807) is 14.4 Å². The second kappa shape index (κ2) is 6.74. The maximum atomic E-state index is 14.7. The van der Waals surface area contributed by atoms with Crippen molar-refractivity contribution in [2.24, 2.45) is 5.73 Å². The van der Waals surface area contributed by atoms with Crippen molar-refractivity contribution >= 4 is 28.7 Å². The minimum atomic E-state index is -0.857. The van der Waals surface area contributed by atoms with E-state index < -0.39 is 17.2 Å². The monoisotopic (exact) mass is 361 g/mol. The summed E-state index contributed by atoms with van der Waals surface area (Å²) in [7, 11) is 0. The van der Waals surface area contributed by atoms with Gasteiger partial charge in [-0.1, -0.05) is 0 Å². The number of anilines is 1. The first-order valence-corrected chi connectivity index (χ1v) is 8.37. The lowest BCUT2D eigenvalue weighted by atomic mass is 10.1. The van der Waals surface area contributed by atoms with Crippen LogP contribution in [-0.2, 0) is 11.3 Å². The number of aryl methyl sites for hydroxylation is 1. The Morgan fingerprint density at radius 2 is 1.92 bits per heavy atom. The Hall–Kier alpha value is -2.97. The summed E-state index contributed by atoms with van der Waals surface area (Å²) < 4.78 is 16.3. The number of nitrogens with zero attached hydrogens (tertiary/aromatic N) is 4. The number of fused-ring (bicyclic) bond motifs is 1. The molecule has 0 aromatic carbocycles. The van der Waals surface area contributed by atoms with Crippen LogP contribution in [0.3, 0.4) is 0 Å². The van der Waals surface area contributed by atoms with Gasteiger partial charge in [0.1, 0.15) is 11.2 Å². The highest BCUT2D eigenvalue weighted by Crippen LogP contribution is 2.22. The molecule has 1 fully saturated rings. The number of halogens is 1. The van der Waals surface area contributed by atoms with Crippen molar-refractivity contribution in [3.05, 3.63) is 33.9 Å². The van der Waals surface area contributed by atoms with Gasteiger partial charge in [0.05, 0.1) is 5.39 Å². The Labute approximate surface area is 149 Å². The van der Waals surface area contributed by atoms with Crippen LogP contribution in [0, 0.1) is 5.82 Å². The summed E-state index contributed by atoms with van der Waals surface area (Å²) in [6, 6.07) is 1.11. The quantitative estimate of drug-likeness (QED) is 0.849. The van der Waals surface area contributed by atoms with E-state index in [1.807, 2.05) is 6.92 Å². The summed E-state index contributed by atoms with van der Waals surface area (Å²) in [4.78, 5) is 43.1. The first kappa shape index (κ1) is 17.8. The maximum Gasteiger partial charge on any atom is 0.254 e. The fourth-order valence-electron chi connectivity index (χ4n) is 3.15. The molecule has 2 N–H and O–H groups in total. The highest BCUT2D eigenvalue weighted by molar-refractivity contribution is 5.95. The fourth-order valence-corrected chi connectivity index (χ4v) is 3.15. The first-order valence-electron chi connectivity index (χ1n) is 8.37. The molecule has 0 aliphatic carbocycles. The Bertz CT molecular complexity index is 948. The number of pyridine rings is 2. The Morgan fingerprint density at radius 1 is 1.27 bits per heavy atom. The van der Waals surface area contributed by atoms with Crippen molar-refractivity contribution in [3.8, 4) is 0 Å². The van der Waals surface area contributed by atoms with Gasteiger partial charge >= 0.3 is 0 Å². The predicted molar refractivity (Wildman–Crippen MR) is 94.6 cm³/mol. The SMILES string of the molecule is CCn1cc(C(N)=O)c(=O)c2cc(F)c(N3CCN(C(C)=O)CC3)nc21. The Morgan fingerprint density at radius 3 is 2.46 bits per heavy atom. The minimum Gasteiger partial charge on any atom is -0.365 e. The van der Waals surface area contributed by atoms with E-state index in [0.29, 0.717) is 38.4 Å². The van der Waals surface area contributed by atoms with E-state index in [2.05, 4.69) is 4.98 Å². The lowest BCUT2D eigenvalue weighted by molar-refractivity contribution is -0.129. The molecule has 8 nitrogen and oxygen atoms in total. The normalized spacial score (nSPS) is 14.7. The number of hydrogen-bond acceptors (Lipinski definition) is 5. The second-order valence-corrected chi connectivity index (χ2v) is 6.18. The van der Waals surface area contributed by atoms with E-state index in [1.165, 1.54) is 13.1 Å². The standard InChI is InChI=1S/C17H20FN5O3/c1-3-21-9-12(15(19)26)14(25)11-8-13(18)17(20-16(11)21)23-6-4-22(5-7-23)10(2)24/h8-9H,3-7H2,1-2H3,(H2,19,26). The smallest absolute Gasteiger partial charge is 0.254 e. The molecule has 3 rings (SSSR count). The number of amides is 2. The molecule has 3 heterocycles. The summed E-state index contributed by atoms with van der Waals surface area (Å²) in [5.74, 6) is -1.39. The largest absolute Gasteiger partial charge is 0.365 e. The van der Waals surface area contributed by atoms with Crippen LogP contribution in [0.25, 0.3) is 11.0 Å². The summed E-state index contributed by atoms with van der Waals surface area (Å²) in [6.07, 6.45) is 1.36. The van der Waals surface area contributed by atoms with Gasteiger partial charge in [-0.2, -0.15) is 0 Å². The molecule has 1 aliphatic rings. The lowest BCUT2D eigenvalue weighted by Gasteiger charge is -2.35. The van der Waals surface area contributed by atoms with Gasteiger partial charge < -0.3 is 20.1 Å². The van der Waals surface area contributed by atoms with E-state index in [9.17, 15) is 18.8 Å². The highest BCUT2D eigenvalue weighted by Gasteiger charge is 2.24. The molecular formula is C17H20FN5O3. The van der Waals surface area contributed by atoms with Crippen molar-refractivity contribution in [1.82, 2.24) is 14.5 Å². The van der Waals surface area contributed by atoms with Gasteiger partial charge in [-0.05, 0) is 13.0 Å². The van der Waals surface area contributed by atoms with Crippen molar-refractivity contribution < 1.29 is 14.0 Å². The fraction of sp³-hybridized carbons (Fsp3) is 0.412. The average Bonchev–Trinajstić information content (AvgIpc) is 2.62. The van der Waals surface area contributed by atoms with Crippen molar-refractivity contribution in [2.45, 2.75) is 20.4 Å². The minimum absolute atomic E-state index is 0.0182. The van der Waals surface area contributed by atoms with Gasteiger partial charge in [-0.3, -0.25) is 14.4 Å². The van der Waals surface area contributed by atoms with Crippen LogP contribution in [0.4, 0.5) is 10.2 Å². The van der Waals surface area contributed by atoms with Gasteiger partial charge in [0.2, 0.25) is 11.3 Å². The van der Waals surface area contributed by atoms with Crippen LogP contribution < -0.4 is 16.1 Å². The van der Waals surface area contributed by atoms with E-state index in [-0.39, 0.29) is 22.7 Å². The molecule has 0 radical (unpaired) electrons. The number of piperazine rings is 1. The van der Waals surface area contributed by atoms with E-state index >= 15 is 0 Å². The molecule has 2 amide bonds. The first-order chi connectivity index (χ1) is 12.3. The van der Waals surface area contributed by atoms with Gasteiger partial charge in [0.25, 0.3) is 5.91 Å². The van der Waals surface area contributed by atoms with Crippen LogP contribution in [0.5, 0.6) is 0 Å². The predicted octanol–water partition coefficient (Wildman–Crippen LogP) is 0.323. The van der Waals surface area contributed by atoms with Crippen LogP contribution >= 0.6 is 0 Å². The number of hydrogen-bond donors (Lipinski definition) is 1. The third-order valence-electron chi connectivity index (χ3n) is 4.61. The number of carbonyl (C=O) groups excluding carboxylic acids is 2. The highest BCUT2D eigenvalue weighted by atomic mass is 19.1. The van der Waals surface area contributed by atoms with E-state index in [4.69, 9.17) is 5.73 Å². The third kappa shape index (κ3) is 3.00. The van der Waals surface area contributed by atoms with Crippen LogP contribution in [0.2, 0.25) is 0 Å². The number of nitrogens with two attached hydrogens (primary N) is 1. The summed E-state index contributed by atoms with van der Waals surface area (Å²) in [5, 5.41) is 0.0202. The van der Waals surface area contributed by atoms with Crippen LogP contribution in [-0.4, -0.2) is 52.4 Å². The summed E-state index contributed by atoms with van der Waals surface area (Å²) in [6.45, 7) is 5.62. The molecule has 0 atom stereocenters. The second-order valence-electron chi connectivity index (χ2n) is 6.18. The lowest BCUT2D eigenvalue weighted by Crippen LogP contribution is -2.48. The van der Waals surface area contributed by atoms with Gasteiger partial charge in [0, 0.05) is 45.8 Å². The molecular weight excluding hydrogens is 341 g/mol. The molecule has 0 saturated carbocycles.